The van der Waals surface area contributed by atoms with Crippen molar-refractivity contribution in [2.45, 2.75) is 51.2 Å². The largest absolute Gasteiger partial charge is 0.377 e. The minimum absolute atomic E-state index is 0.278. The van der Waals surface area contributed by atoms with E-state index in [9.17, 15) is 0 Å². The number of nitrogens with two attached hydrogens (primary N) is 1. The first-order chi connectivity index (χ1) is 10.7. The maximum absolute atomic E-state index is 6.20. The second-order valence-electron chi connectivity index (χ2n) is 7.14. The lowest BCUT2D eigenvalue weighted by atomic mass is 9.54. The van der Waals surface area contributed by atoms with Crippen molar-refractivity contribution in [1.82, 2.24) is 0 Å². The zero-order valence-electron chi connectivity index (χ0n) is 13.2. The number of nitrogens with zero attached hydrogens (tertiary/aromatic N) is 1. The monoisotopic (exact) mass is 299 g/mol. The lowest BCUT2D eigenvalue weighted by Crippen LogP contribution is -2.61. The molecular formula is C18H25N3O. The van der Waals surface area contributed by atoms with Crippen molar-refractivity contribution in [2.75, 3.05) is 11.9 Å². The van der Waals surface area contributed by atoms with Gasteiger partial charge in [0.1, 0.15) is 0 Å². The molecule has 2 saturated carbocycles. The number of rotatable bonds is 2. The van der Waals surface area contributed by atoms with E-state index in [0.29, 0.717) is 24.0 Å². The van der Waals surface area contributed by atoms with E-state index in [0.717, 1.165) is 18.7 Å². The summed E-state index contributed by atoms with van der Waals surface area (Å²) in [7, 11) is 0. The summed E-state index contributed by atoms with van der Waals surface area (Å²) in [4.78, 5) is 4.89. The van der Waals surface area contributed by atoms with Crippen LogP contribution in [0.3, 0.4) is 0 Å². The van der Waals surface area contributed by atoms with E-state index in [2.05, 4.69) is 24.4 Å². The van der Waals surface area contributed by atoms with Crippen LogP contribution in [-0.2, 0) is 4.74 Å². The van der Waals surface area contributed by atoms with Crippen molar-refractivity contribution in [3.8, 4) is 0 Å². The van der Waals surface area contributed by atoms with Crippen molar-refractivity contribution in [3.63, 3.8) is 0 Å². The van der Waals surface area contributed by atoms with E-state index in [4.69, 9.17) is 15.5 Å². The molecule has 3 fully saturated rings. The van der Waals surface area contributed by atoms with Crippen LogP contribution in [0.15, 0.2) is 29.3 Å². The number of ether oxygens (including phenoxy) is 1. The Morgan fingerprint density at radius 1 is 1.36 bits per heavy atom. The number of nitrogens with one attached hydrogen (secondary N) is 1. The number of hydrogen-bond donors (Lipinski definition) is 2. The topological polar surface area (TPSA) is 59.6 Å². The number of benzene rings is 1. The highest BCUT2D eigenvalue weighted by molar-refractivity contribution is 5.92. The molecule has 4 rings (SSSR count). The van der Waals surface area contributed by atoms with Gasteiger partial charge in [0.15, 0.2) is 5.96 Å². The number of hydrogen-bond acceptors (Lipinski definition) is 2. The molecule has 3 aliphatic rings. The van der Waals surface area contributed by atoms with Gasteiger partial charge < -0.3 is 15.8 Å². The second-order valence-corrected chi connectivity index (χ2v) is 7.14. The highest BCUT2D eigenvalue weighted by Crippen LogP contribution is 2.62. The molecule has 4 nitrogen and oxygen atoms in total. The van der Waals surface area contributed by atoms with Crippen molar-refractivity contribution >= 4 is 11.6 Å². The first-order valence-corrected chi connectivity index (χ1v) is 8.48. The molecule has 1 spiro atoms. The van der Waals surface area contributed by atoms with E-state index in [-0.39, 0.29) is 5.41 Å². The summed E-state index contributed by atoms with van der Waals surface area (Å²) in [5, 5.41) is 3.26. The van der Waals surface area contributed by atoms with Crippen LogP contribution >= 0.6 is 0 Å². The highest BCUT2D eigenvalue weighted by atomic mass is 16.5. The minimum Gasteiger partial charge on any atom is -0.377 e. The quantitative estimate of drug-likeness (QED) is 0.652. The van der Waals surface area contributed by atoms with Crippen molar-refractivity contribution < 1.29 is 4.74 Å². The van der Waals surface area contributed by atoms with Gasteiger partial charge in [-0.3, -0.25) is 0 Å². The molecule has 1 aromatic carbocycles. The Kier molecular flexibility index (Phi) is 3.37. The molecule has 0 amide bonds. The Bertz CT molecular complexity index is 592. The summed E-state index contributed by atoms with van der Waals surface area (Å²) in [5.74, 6) is 1.13. The van der Waals surface area contributed by atoms with Crippen LogP contribution in [0.1, 0.15) is 37.7 Å². The predicted molar refractivity (Wildman–Crippen MR) is 89.0 cm³/mol. The number of fused-ring (bicyclic) bond motifs is 2. The fourth-order valence-electron chi connectivity index (χ4n) is 4.89. The molecule has 2 aliphatic carbocycles. The standard InChI is InChI=1S/C18H25N3O/c1-12-5-4-6-13(11-12)20-17(19)21-15-14-7-10-22-16(14)18(15)8-2-3-9-18/h4-6,11,14-16H,2-3,7-10H2,1H3,(H3,19,20,21). The third kappa shape index (κ3) is 2.12. The van der Waals surface area contributed by atoms with E-state index >= 15 is 0 Å². The van der Waals surface area contributed by atoms with E-state index in [1.165, 1.54) is 31.2 Å². The molecule has 0 bridgehead atoms. The summed E-state index contributed by atoms with van der Waals surface area (Å²) in [5.41, 5.74) is 8.71. The van der Waals surface area contributed by atoms with E-state index < -0.39 is 0 Å². The van der Waals surface area contributed by atoms with Gasteiger partial charge in [-0.1, -0.05) is 25.0 Å². The van der Waals surface area contributed by atoms with Gasteiger partial charge >= 0.3 is 0 Å². The number of aliphatic imine (C=N–C) groups is 1. The van der Waals surface area contributed by atoms with Gasteiger partial charge in [-0.25, -0.2) is 4.99 Å². The molecule has 3 N–H and O–H groups in total. The Morgan fingerprint density at radius 3 is 2.95 bits per heavy atom. The van der Waals surface area contributed by atoms with E-state index in [1.807, 2.05) is 12.1 Å². The first-order valence-electron chi connectivity index (χ1n) is 8.48. The number of aryl methyl sites for hydroxylation is 1. The summed E-state index contributed by atoms with van der Waals surface area (Å²) in [6.45, 7) is 2.98. The summed E-state index contributed by atoms with van der Waals surface area (Å²) < 4.78 is 6.00. The van der Waals surface area contributed by atoms with Crippen molar-refractivity contribution in [1.29, 1.82) is 0 Å². The van der Waals surface area contributed by atoms with Gasteiger partial charge in [0, 0.05) is 23.6 Å². The summed E-state index contributed by atoms with van der Waals surface area (Å²) in [6, 6.07) is 8.59. The van der Waals surface area contributed by atoms with Crippen LogP contribution in [0.2, 0.25) is 0 Å². The van der Waals surface area contributed by atoms with Crippen LogP contribution in [0.25, 0.3) is 0 Å². The summed E-state index contributed by atoms with van der Waals surface area (Å²) in [6.07, 6.45) is 6.70. The van der Waals surface area contributed by atoms with Crippen molar-refractivity contribution in [2.24, 2.45) is 22.1 Å². The molecule has 22 heavy (non-hydrogen) atoms. The lowest BCUT2D eigenvalue weighted by molar-refractivity contribution is -0.117. The smallest absolute Gasteiger partial charge is 0.193 e. The number of anilines is 1. The fraction of sp³-hybridized carbons (Fsp3) is 0.611. The third-order valence-electron chi connectivity index (χ3n) is 5.80. The van der Waals surface area contributed by atoms with Crippen LogP contribution in [0.4, 0.5) is 5.69 Å². The average molecular weight is 299 g/mol. The molecule has 3 unspecified atom stereocenters. The van der Waals surface area contributed by atoms with Gasteiger partial charge in [0.2, 0.25) is 0 Å². The molecule has 1 aliphatic heterocycles. The highest BCUT2D eigenvalue weighted by Gasteiger charge is 2.65. The molecule has 0 radical (unpaired) electrons. The van der Waals surface area contributed by atoms with Crippen LogP contribution in [0.5, 0.6) is 0 Å². The Morgan fingerprint density at radius 2 is 2.18 bits per heavy atom. The Hall–Kier alpha value is -1.55. The zero-order valence-corrected chi connectivity index (χ0v) is 13.2. The Labute approximate surface area is 132 Å². The zero-order chi connectivity index (χ0) is 15.2. The number of guanidine groups is 1. The predicted octanol–water partition coefficient (Wildman–Crippen LogP) is 3.07. The fourth-order valence-corrected chi connectivity index (χ4v) is 4.89. The molecule has 1 saturated heterocycles. The van der Waals surface area contributed by atoms with Crippen molar-refractivity contribution in [3.05, 3.63) is 29.8 Å². The summed E-state index contributed by atoms with van der Waals surface area (Å²) >= 11 is 0. The molecule has 118 valence electrons. The van der Waals surface area contributed by atoms with Gasteiger partial charge in [0.25, 0.3) is 0 Å². The first kappa shape index (κ1) is 14.1. The average Bonchev–Trinajstić information content (AvgIpc) is 3.13. The molecule has 3 atom stereocenters. The third-order valence-corrected chi connectivity index (χ3v) is 5.80. The molecule has 1 heterocycles. The van der Waals surface area contributed by atoms with Gasteiger partial charge in [-0.05, 0) is 43.9 Å². The Balaban J connectivity index is 1.53. The van der Waals surface area contributed by atoms with Gasteiger partial charge in [-0.15, -0.1) is 0 Å². The van der Waals surface area contributed by atoms with Crippen LogP contribution in [0, 0.1) is 18.3 Å². The molecule has 0 aromatic heterocycles. The van der Waals surface area contributed by atoms with Crippen LogP contribution in [-0.4, -0.2) is 24.7 Å². The molecule has 1 aromatic rings. The second kappa shape index (κ2) is 5.27. The normalized spacial score (nSPS) is 32.8. The maximum atomic E-state index is 6.20. The molecular weight excluding hydrogens is 274 g/mol. The molecule has 4 heteroatoms. The van der Waals surface area contributed by atoms with Gasteiger partial charge in [0.05, 0.1) is 12.1 Å². The minimum atomic E-state index is 0.278. The van der Waals surface area contributed by atoms with E-state index in [1.54, 1.807) is 0 Å². The SMILES string of the molecule is Cc1cccc(NC(N)=NC2C3CCOC3C23CCCC3)c1. The lowest BCUT2D eigenvalue weighted by Gasteiger charge is -2.54. The van der Waals surface area contributed by atoms with Crippen LogP contribution < -0.4 is 11.1 Å². The maximum Gasteiger partial charge on any atom is 0.193 e. The van der Waals surface area contributed by atoms with Gasteiger partial charge in [-0.2, -0.15) is 0 Å².